The van der Waals surface area contributed by atoms with Crippen LogP contribution in [0.1, 0.15) is 51.8 Å². The van der Waals surface area contributed by atoms with Gasteiger partial charge in [-0.25, -0.2) is 4.68 Å². The third-order valence-electron chi connectivity index (χ3n) is 7.16. The Balaban J connectivity index is 1.51. The van der Waals surface area contributed by atoms with Gasteiger partial charge in [-0.2, -0.15) is 18.3 Å². The average molecular weight is 566 g/mol. The molecule has 1 aliphatic rings. The molecule has 11 heteroatoms. The number of hydrogen-bond donors (Lipinski definition) is 3. The topological polar surface area (TPSA) is 106 Å². The van der Waals surface area contributed by atoms with Gasteiger partial charge in [0.2, 0.25) is 0 Å². The number of aromatic hydroxyl groups is 1. The van der Waals surface area contributed by atoms with Crippen molar-refractivity contribution in [3.05, 3.63) is 101 Å². The number of nitrogens with two attached hydrogens (primary N) is 1. The largest absolute Gasteiger partial charge is 0.504 e. The normalized spacial score (nSPS) is 14.2. The predicted octanol–water partition coefficient (Wildman–Crippen LogP) is 5.50. The molecule has 0 aliphatic heterocycles. The fourth-order valence-electron chi connectivity index (χ4n) is 4.93. The molecule has 1 unspecified atom stereocenters. The molecule has 0 radical (unpaired) electrons. The number of nitrogens with one attached hydrogen (secondary N) is 1. The van der Waals surface area contributed by atoms with Gasteiger partial charge in [-0.3, -0.25) is 9.69 Å². The molecular weight excluding hydrogens is 535 g/mol. The van der Waals surface area contributed by atoms with E-state index in [0.29, 0.717) is 28.6 Å². The molecular formula is C30H30F3N5O3. The first-order chi connectivity index (χ1) is 19.6. The Bertz CT molecular complexity index is 1570. The van der Waals surface area contributed by atoms with Crippen molar-refractivity contribution >= 4 is 11.6 Å². The summed E-state index contributed by atoms with van der Waals surface area (Å²) in [4.78, 5) is 15.6. The number of halogens is 3. The zero-order valence-corrected chi connectivity index (χ0v) is 22.5. The number of anilines is 1. The van der Waals surface area contributed by atoms with Crippen LogP contribution in [0.4, 0.5) is 18.9 Å². The molecule has 1 amide bonds. The molecule has 4 N–H and O–H groups in total. The Morgan fingerprint density at radius 1 is 1.15 bits per heavy atom. The van der Waals surface area contributed by atoms with E-state index in [-0.39, 0.29) is 29.7 Å². The van der Waals surface area contributed by atoms with E-state index in [1.807, 2.05) is 19.2 Å². The highest BCUT2D eigenvalue weighted by atomic mass is 19.4. The van der Waals surface area contributed by atoms with E-state index < -0.39 is 17.8 Å². The lowest BCUT2D eigenvalue weighted by atomic mass is 9.95. The van der Waals surface area contributed by atoms with Crippen molar-refractivity contribution in [1.82, 2.24) is 14.7 Å². The predicted molar refractivity (Wildman–Crippen MR) is 148 cm³/mol. The van der Waals surface area contributed by atoms with Gasteiger partial charge in [-0.05, 0) is 61.3 Å². The molecule has 5 rings (SSSR count). The van der Waals surface area contributed by atoms with Crippen molar-refractivity contribution in [3.63, 3.8) is 0 Å². The van der Waals surface area contributed by atoms with E-state index in [2.05, 4.69) is 15.3 Å². The number of phenols is 1. The minimum Gasteiger partial charge on any atom is -0.504 e. The minimum atomic E-state index is -4.75. The molecule has 1 fully saturated rings. The second-order valence-electron chi connectivity index (χ2n) is 9.98. The summed E-state index contributed by atoms with van der Waals surface area (Å²) in [6.07, 6.45) is -2.71. The van der Waals surface area contributed by atoms with Gasteiger partial charge in [-0.1, -0.05) is 36.4 Å². The van der Waals surface area contributed by atoms with Crippen molar-refractivity contribution in [2.75, 3.05) is 19.5 Å². The molecule has 1 heterocycles. The van der Waals surface area contributed by atoms with Gasteiger partial charge in [0.1, 0.15) is 5.69 Å². The van der Waals surface area contributed by atoms with Gasteiger partial charge < -0.3 is 20.9 Å². The molecule has 41 heavy (non-hydrogen) atoms. The minimum absolute atomic E-state index is 0.0187. The highest BCUT2D eigenvalue weighted by Crippen LogP contribution is 2.43. The summed E-state index contributed by atoms with van der Waals surface area (Å²) in [5.41, 5.74) is 6.98. The summed E-state index contributed by atoms with van der Waals surface area (Å²) in [7, 11) is 3.45. The number of carbonyl (C=O) groups excluding carboxylic acids is 1. The zero-order valence-electron chi connectivity index (χ0n) is 22.5. The van der Waals surface area contributed by atoms with Crippen LogP contribution in [0.5, 0.6) is 11.5 Å². The molecule has 1 saturated carbocycles. The summed E-state index contributed by atoms with van der Waals surface area (Å²) in [6.45, 7) is 0.175. The van der Waals surface area contributed by atoms with E-state index >= 15 is 0 Å². The molecule has 1 atom stereocenters. The highest BCUT2D eigenvalue weighted by molar-refractivity contribution is 6.03. The van der Waals surface area contributed by atoms with Gasteiger partial charge in [0, 0.05) is 29.9 Å². The number of amides is 1. The molecule has 0 spiro atoms. The van der Waals surface area contributed by atoms with Gasteiger partial charge in [0.25, 0.3) is 5.91 Å². The van der Waals surface area contributed by atoms with Crippen LogP contribution in [0.3, 0.4) is 0 Å². The van der Waals surface area contributed by atoms with E-state index in [1.165, 1.54) is 7.11 Å². The Morgan fingerprint density at radius 3 is 2.56 bits per heavy atom. The number of carbonyl (C=O) groups is 1. The van der Waals surface area contributed by atoms with Crippen LogP contribution in [-0.4, -0.2) is 45.9 Å². The van der Waals surface area contributed by atoms with Crippen molar-refractivity contribution in [1.29, 1.82) is 0 Å². The first-order valence-electron chi connectivity index (χ1n) is 13.1. The fourth-order valence-corrected chi connectivity index (χ4v) is 4.93. The second-order valence-corrected chi connectivity index (χ2v) is 9.98. The Labute approximate surface area is 235 Å². The molecule has 8 nitrogen and oxygen atoms in total. The van der Waals surface area contributed by atoms with Gasteiger partial charge >= 0.3 is 6.18 Å². The Hall–Kier alpha value is -4.35. The molecule has 0 bridgehead atoms. The van der Waals surface area contributed by atoms with Crippen LogP contribution in [0.15, 0.2) is 72.8 Å². The second kappa shape index (κ2) is 11.3. The van der Waals surface area contributed by atoms with E-state index in [1.54, 1.807) is 54.6 Å². The fraction of sp³-hybridized carbons (Fsp3) is 0.267. The average Bonchev–Trinajstić information content (AvgIpc) is 3.70. The van der Waals surface area contributed by atoms with Crippen LogP contribution in [0.2, 0.25) is 0 Å². The lowest BCUT2D eigenvalue weighted by Gasteiger charge is -2.30. The maximum absolute atomic E-state index is 13.6. The third kappa shape index (κ3) is 5.91. The van der Waals surface area contributed by atoms with Crippen LogP contribution in [0, 0.1) is 0 Å². The SMILES string of the molecule is COc1cccc(C(c2cccc(NC(=O)c3cc(C(F)(F)F)nn3-c3cccc(CN)c3)c2)N(C)C2CC2)c1O. The number of para-hydroxylation sites is 1. The van der Waals surface area contributed by atoms with Gasteiger partial charge in [-0.15, -0.1) is 0 Å². The lowest BCUT2D eigenvalue weighted by molar-refractivity contribution is -0.141. The van der Waals surface area contributed by atoms with Crippen molar-refractivity contribution in [2.45, 2.75) is 37.6 Å². The van der Waals surface area contributed by atoms with Gasteiger partial charge in [0.05, 0.1) is 18.8 Å². The number of phenolic OH excluding ortho intramolecular Hbond substituents is 1. The number of rotatable bonds is 9. The van der Waals surface area contributed by atoms with Crippen LogP contribution < -0.4 is 15.8 Å². The van der Waals surface area contributed by atoms with Crippen LogP contribution in [-0.2, 0) is 12.7 Å². The molecule has 214 valence electrons. The van der Waals surface area contributed by atoms with Gasteiger partial charge in [0.15, 0.2) is 17.2 Å². The van der Waals surface area contributed by atoms with E-state index in [4.69, 9.17) is 10.5 Å². The number of aromatic nitrogens is 2. The lowest BCUT2D eigenvalue weighted by Crippen LogP contribution is -2.28. The summed E-state index contributed by atoms with van der Waals surface area (Å²) < 4.78 is 47.1. The number of benzene rings is 3. The Kier molecular flexibility index (Phi) is 7.74. The number of methoxy groups -OCH3 is 1. The smallest absolute Gasteiger partial charge is 0.435 e. The van der Waals surface area contributed by atoms with Crippen molar-refractivity contribution in [3.8, 4) is 17.2 Å². The highest BCUT2D eigenvalue weighted by Gasteiger charge is 2.37. The molecule has 1 aromatic heterocycles. The van der Waals surface area contributed by atoms with Crippen LogP contribution >= 0.6 is 0 Å². The number of hydrogen-bond acceptors (Lipinski definition) is 6. The van der Waals surface area contributed by atoms with Crippen LogP contribution in [0.25, 0.3) is 5.69 Å². The number of ether oxygens (including phenoxy) is 1. The quantitative estimate of drug-likeness (QED) is 0.248. The zero-order chi connectivity index (χ0) is 29.3. The first-order valence-corrected chi connectivity index (χ1v) is 13.1. The maximum atomic E-state index is 13.6. The summed E-state index contributed by atoms with van der Waals surface area (Å²) >= 11 is 0. The van der Waals surface area contributed by atoms with E-state index in [0.717, 1.165) is 29.2 Å². The molecule has 0 saturated heterocycles. The number of alkyl halides is 3. The molecule has 3 aromatic carbocycles. The standard InChI is InChI=1S/C30H30F3N5O3/c1-37(21-12-13-21)27(23-10-5-11-25(41-2)28(23)39)19-7-4-8-20(15-19)35-29(40)24-16-26(30(31,32)33)36-38(24)22-9-3-6-18(14-22)17-34/h3-11,14-16,21,27,39H,12-13,17,34H2,1-2H3,(H,35,40). The monoisotopic (exact) mass is 565 g/mol. The maximum Gasteiger partial charge on any atom is 0.435 e. The van der Waals surface area contributed by atoms with E-state index in [9.17, 15) is 23.1 Å². The first kappa shape index (κ1) is 28.2. The van der Waals surface area contributed by atoms with Crippen molar-refractivity contribution in [2.24, 2.45) is 5.73 Å². The summed E-state index contributed by atoms with van der Waals surface area (Å²) in [5, 5.41) is 17.4. The third-order valence-corrected chi connectivity index (χ3v) is 7.16. The Morgan fingerprint density at radius 2 is 1.88 bits per heavy atom. The summed E-state index contributed by atoms with van der Waals surface area (Å²) in [6, 6.07) is 19.5. The molecule has 4 aromatic rings. The molecule has 1 aliphatic carbocycles. The van der Waals surface area contributed by atoms with Crippen molar-refractivity contribution < 1.29 is 27.8 Å². The number of nitrogens with zero attached hydrogens (tertiary/aromatic N) is 3. The summed E-state index contributed by atoms with van der Waals surface area (Å²) in [5.74, 6) is -0.404.